The number of Topliss-reactive ketones (excluding diaryl/α,β-unsaturated/α-hetero) is 1. The minimum absolute atomic E-state index is 0.0122. The van der Waals surface area contributed by atoms with Gasteiger partial charge in [-0.1, -0.05) is 38.3 Å². The highest BCUT2D eigenvalue weighted by molar-refractivity contribution is 6.31. The van der Waals surface area contributed by atoms with Crippen molar-refractivity contribution in [3.05, 3.63) is 47.5 Å². The van der Waals surface area contributed by atoms with Crippen molar-refractivity contribution < 1.29 is 23.8 Å². The molecule has 0 aliphatic rings. The second-order valence-corrected chi connectivity index (χ2v) is 9.03. The molecule has 182 valence electrons. The van der Waals surface area contributed by atoms with Crippen molar-refractivity contribution in [2.24, 2.45) is 5.41 Å². The summed E-state index contributed by atoms with van der Waals surface area (Å²) < 4.78 is 25.0. The number of benzene rings is 2. The number of hydrogen-bond acceptors (Lipinski definition) is 7. The highest BCUT2D eigenvalue weighted by Gasteiger charge is 2.25. The lowest BCUT2D eigenvalue weighted by Crippen LogP contribution is -2.26. The zero-order valence-electron chi connectivity index (χ0n) is 19.5. The van der Waals surface area contributed by atoms with E-state index in [0.717, 1.165) is 19.3 Å². The molecule has 0 fully saturated rings. The molecule has 2 aromatic carbocycles. The van der Waals surface area contributed by atoms with Gasteiger partial charge >= 0.3 is 0 Å². The number of unbranched alkanes of at least 4 members (excludes halogenated alkanes) is 2. The molecule has 34 heavy (non-hydrogen) atoms. The predicted octanol–water partition coefficient (Wildman–Crippen LogP) is 5.70. The van der Waals surface area contributed by atoms with Gasteiger partial charge in [-0.05, 0) is 37.1 Å². The SMILES string of the molecule is COc1cc2ncnc(Nc3ccc(F)c(Cl)c3)c2cc1OCCCCCC(C)(C)C(=O)CO. The molecule has 2 N–H and O–H groups in total. The second-order valence-electron chi connectivity index (χ2n) is 8.62. The zero-order chi connectivity index (χ0) is 24.7. The van der Waals surface area contributed by atoms with Crippen LogP contribution >= 0.6 is 11.6 Å². The molecule has 0 radical (unpaired) electrons. The summed E-state index contributed by atoms with van der Waals surface area (Å²) in [4.78, 5) is 20.4. The van der Waals surface area contributed by atoms with Gasteiger partial charge in [0, 0.05) is 22.6 Å². The Balaban J connectivity index is 1.68. The van der Waals surface area contributed by atoms with Gasteiger partial charge in [0.1, 0.15) is 24.6 Å². The second kappa shape index (κ2) is 11.4. The van der Waals surface area contributed by atoms with Crippen LogP contribution in [0.1, 0.15) is 39.5 Å². The van der Waals surface area contributed by atoms with E-state index in [-0.39, 0.29) is 10.8 Å². The van der Waals surface area contributed by atoms with Crippen LogP contribution in [0.3, 0.4) is 0 Å². The van der Waals surface area contributed by atoms with Crippen LogP contribution in [0.25, 0.3) is 10.9 Å². The topological polar surface area (TPSA) is 93.6 Å². The van der Waals surface area contributed by atoms with Gasteiger partial charge in [0.25, 0.3) is 0 Å². The standard InChI is InChI=1S/C25H29ClFN3O4/c1-25(2,23(32)14-31)9-5-4-6-10-34-22-12-17-20(13-21(22)33-3)28-15-29-24(17)30-16-7-8-19(27)18(26)11-16/h7-8,11-13,15,31H,4-6,9-10,14H2,1-3H3,(H,28,29,30). The lowest BCUT2D eigenvalue weighted by Gasteiger charge is -2.21. The molecule has 7 nitrogen and oxygen atoms in total. The van der Waals surface area contributed by atoms with E-state index in [9.17, 15) is 9.18 Å². The first kappa shape index (κ1) is 25.6. The molecule has 0 unspecified atom stereocenters. The van der Waals surface area contributed by atoms with Crippen molar-refractivity contribution in [3.63, 3.8) is 0 Å². The van der Waals surface area contributed by atoms with Gasteiger partial charge in [-0.3, -0.25) is 4.79 Å². The summed E-state index contributed by atoms with van der Waals surface area (Å²) in [6, 6.07) is 7.93. The molecule has 3 rings (SSSR count). The van der Waals surface area contributed by atoms with Gasteiger partial charge in [0.05, 0.1) is 24.3 Å². The third kappa shape index (κ3) is 6.33. The van der Waals surface area contributed by atoms with Crippen LogP contribution in [0, 0.1) is 11.2 Å². The van der Waals surface area contributed by atoms with Crippen LogP contribution in [0.15, 0.2) is 36.7 Å². The van der Waals surface area contributed by atoms with Crippen molar-refractivity contribution in [3.8, 4) is 11.5 Å². The number of carbonyl (C=O) groups excluding carboxylic acids is 1. The first-order chi connectivity index (χ1) is 16.2. The van der Waals surface area contributed by atoms with Crippen molar-refractivity contribution >= 4 is 39.8 Å². The average Bonchev–Trinajstić information content (AvgIpc) is 2.82. The van der Waals surface area contributed by atoms with E-state index < -0.39 is 17.8 Å². The zero-order valence-corrected chi connectivity index (χ0v) is 20.3. The Labute approximate surface area is 203 Å². The molecule has 0 saturated carbocycles. The van der Waals surface area contributed by atoms with Gasteiger partial charge in [-0.15, -0.1) is 0 Å². The van der Waals surface area contributed by atoms with Gasteiger partial charge in [0.2, 0.25) is 0 Å². The fourth-order valence-corrected chi connectivity index (χ4v) is 3.71. The van der Waals surface area contributed by atoms with E-state index in [4.69, 9.17) is 26.2 Å². The van der Waals surface area contributed by atoms with E-state index in [1.807, 2.05) is 19.9 Å². The first-order valence-corrected chi connectivity index (χ1v) is 11.4. The highest BCUT2D eigenvalue weighted by atomic mass is 35.5. The van der Waals surface area contributed by atoms with E-state index >= 15 is 0 Å². The molecule has 0 amide bonds. The fraction of sp³-hybridized carbons (Fsp3) is 0.400. The number of halogens is 2. The predicted molar refractivity (Wildman–Crippen MR) is 131 cm³/mol. The summed E-state index contributed by atoms with van der Waals surface area (Å²) in [5.74, 6) is 0.997. The molecule has 0 atom stereocenters. The lowest BCUT2D eigenvalue weighted by atomic mass is 9.83. The summed E-state index contributed by atoms with van der Waals surface area (Å²) in [6.45, 7) is 3.76. The van der Waals surface area contributed by atoms with Crippen molar-refractivity contribution in [1.82, 2.24) is 9.97 Å². The molecule has 9 heteroatoms. The van der Waals surface area contributed by atoms with E-state index in [1.165, 1.54) is 18.5 Å². The van der Waals surface area contributed by atoms with E-state index in [2.05, 4.69) is 15.3 Å². The molecular weight excluding hydrogens is 461 g/mol. The Morgan fingerprint density at radius 2 is 1.94 bits per heavy atom. The normalized spacial score (nSPS) is 11.5. The number of nitrogens with zero attached hydrogens (tertiary/aromatic N) is 2. The number of aromatic nitrogens is 2. The minimum atomic E-state index is -0.519. The number of carbonyl (C=O) groups is 1. The fourth-order valence-electron chi connectivity index (χ4n) is 3.53. The van der Waals surface area contributed by atoms with Crippen molar-refractivity contribution in [2.75, 3.05) is 25.6 Å². The maximum Gasteiger partial charge on any atom is 0.163 e. The van der Waals surface area contributed by atoms with E-state index in [0.29, 0.717) is 46.9 Å². The lowest BCUT2D eigenvalue weighted by molar-refractivity contribution is -0.130. The Morgan fingerprint density at radius 3 is 2.65 bits per heavy atom. The number of ketones is 1. The summed E-state index contributed by atoms with van der Waals surface area (Å²) in [5.41, 5.74) is 0.730. The summed E-state index contributed by atoms with van der Waals surface area (Å²) >= 11 is 5.89. The Bertz CT molecular complexity index is 1160. The number of aliphatic hydroxyl groups excluding tert-OH is 1. The molecule has 1 aromatic heterocycles. The smallest absolute Gasteiger partial charge is 0.163 e. The van der Waals surface area contributed by atoms with Crippen LogP contribution in [0.2, 0.25) is 5.02 Å². The van der Waals surface area contributed by atoms with Crippen LogP contribution in [-0.2, 0) is 4.79 Å². The van der Waals surface area contributed by atoms with Crippen molar-refractivity contribution in [2.45, 2.75) is 39.5 Å². The number of anilines is 2. The number of methoxy groups -OCH3 is 1. The summed E-state index contributed by atoms with van der Waals surface area (Å²) in [7, 11) is 1.56. The first-order valence-electron chi connectivity index (χ1n) is 11.1. The molecule has 0 spiro atoms. The molecule has 0 saturated heterocycles. The van der Waals surface area contributed by atoms with E-state index in [1.54, 1.807) is 19.2 Å². The van der Waals surface area contributed by atoms with Gasteiger partial charge < -0.3 is 19.9 Å². The van der Waals surface area contributed by atoms with Crippen LogP contribution < -0.4 is 14.8 Å². The molecule has 1 heterocycles. The summed E-state index contributed by atoms with van der Waals surface area (Å²) in [5, 5.41) is 12.9. The number of ether oxygens (including phenoxy) is 2. The maximum absolute atomic E-state index is 13.5. The molecular formula is C25H29ClFN3O4. The van der Waals surface area contributed by atoms with Gasteiger partial charge in [0.15, 0.2) is 17.3 Å². The Hall–Kier alpha value is -2.97. The van der Waals surface area contributed by atoms with Crippen LogP contribution in [0.4, 0.5) is 15.9 Å². The third-order valence-corrected chi connectivity index (χ3v) is 5.99. The molecule has 0 aliphatic carbocycles. The Morgan fingerprint density at radius 1 is 1.15 bits per heavy atom. The number of aliphatic hydroxyl groups is 1. The van der Waals surface area contributed by atoms with Crippen LogP contribution in [0.5, 0.6) is 11.5 Å². The molecule has 0 aliphatic heterocycles. The van der Waals surface area contributed by atoms with Gasteiger partial charge in [-0.25, -0.2) is 14.4 Å². The number of rotatable bonds is 12. The van der Waals surface area contributed by atoms with Crippen molar-refractivity contribution in [1.29, 1.82) is 0 Å². The largest absolute Gasteiger partial charge is 0.493 e. The monoisotopic (exact) mass is 489 g/mol. The number of hydrogen-bond donors (Lipinski definition) is 2. The highest BCUT2D eigenvalue weighted by Crippen LogP contribution is 2.35. The quantitative estimate of drug-likeness (QED) is 0.315. The van der Waals surface area contributed by atoms with Crippen LogP contribution in [-0.4, -0.2) is 41.2 Å². The Kier molecular flexibility index (Phi) is 8.63. The average molecular weight is 490 g/mol. The maximum atomic E-state index is 13.5. The third-order valence-electron chi connectivity index (χ3n) is 5.71. The molecule has 0 bridgehead atoms. The number of fused-ring (bicyclic) bond motifs is 1. The minimum Gasteiger partial charge on any atom is -0.493 e. The van der Waals surface area contributed by atoms with Gasteiger partial charge in [-0.2, -0.15) is 0 Å². The number of nitrogens with one attached hydrogen (secondary N) is 1. The summed E-state index contributed by atoms with van der Waals surface area (Å²) in [6.07, 6.45) is 4.69. The molecule has 3 aromatic rings.